The summed E-state index contributed by atoms with van der Waals surface area (Å²) in [5.74, 6) is -0.826. The van der Waals surface area contributed by atoms with Crippen molar-refractivity contribution in [3.8, 4) is 5.75 Å². The van der Waals surface area contributed by atoms with Crippen LogP contribution in [0, 0.1) is 6.92 Å². The third kappa shape index (κ3) is 7.82. The van der Waals surface area contributed by atoms with Crippen molar-refractivity contribution in [2.45, 2.75) is 52.1 Å². The summed E-state index contributed by atoms with van der Waals surface area (Å²) in [5.41, 5.74) is 2.35. The van der Waals surface area contributed by atoms with Gasteiger partial charge in [-0.25, -0.2) is 9.59 Å². The number of hydrogen-bond acceptors (Lipinski definition) is 5. The Kier molecular flexibility index (Phi) is 8.52. The van der Waals surface area contributed by atoms with Crippen LogP contribution in [0.2, 0.25) is 0 Å². The molecule has 7 heteroatoms. The topological polar surface area (TPSA) is 93.7 Å². The molecule has 0 saturated heterocycles. The largest absolute Gasteiger partial charge is 0.479 e. The van der Waals surface area contributed by atoms with Gasteiger partial charge in [-0.1, -0.05) is 23.8 Å². The number of carbonyl (C=O) groups is 3. The Morgan fingerprint density at radius 2 is 2.04 bits per heavy atom. The number of rotatable bonds is 8. The van der Waals surface area contributed by atoms with Gasteiger partial charge in [0.05, 0.1) is 0 Å². The second-order valence-corrected chi connectivity index (χ2v) is 6.85. The number of ether oxygens (including phenoxy) is 2. The number of esters is 1. The summed E-state index contributed by atoms with van der Waals surface area (Å²) in [6, 6.07) is 6.67. The van der Waals surface area contributed by atoms with Gasteiger partial charge in [-0.15, -0.1) is 0 Å². The summed E-state index contributed by atoms with van der Waals surface area (Å²) >= 11 is 0. The van der Waals surface area contributed by atoms with Gasteiger partial charge in [0.1, 0.15) is 5.75 Å². The van der Waals surface area contributed by atoms with Crippen molar-refractivity contribution in [2.24, 2.45) is 0 Å². The zero-order chi connectivity index (χ0) is 20.4. The number of aryl methyl sites for hydroxylation is 1. The van der Waals surface area contributed by atoms with E-state index >= 15 is 0 Å². The molecule has 0 aromatic heterocycles. The van der Waals surface area contributed by atoms with E-state index in [4.69, 9.17) is 9.47 Å². The quantitative estimate of drug-likeness (QED) is 0.527. The van der Waals surface area contributed by atoms with Crippen molar-refractivity contribution in [1.82, 2.24) is 10.6 Å². The molecule has 28 heavy (non-hydrogen) atoms. The Bertz CT molecular complexity index is 729. The molecule has 2 N–H and O–H groups in total. The lowest BCUT2D eigenvalue weighted by molar-refractivity contribution is -0.154. The molecular weight excluding hydrogens is 360 g/mol. The van der Waals surface area contributed by atoms with E-state index in [1.807, 2.05) is 19.1 Å². The van der Waals surface area contributed by atoms with Crippen LogP contribution >= 0.6 is 0 Å². The molecule has 1 aliphatic rings. The fourth-order valence-corrected chi connectivity index (χ4v) is 2.87. The maximum Gasteiger partial charge on any atom is 0.347 e. The molecular formula is C21H28N2O5. The highest BCUT2D eigenvalue weighted by molar-refractivity contribution is 5.95. The van der Waals surface area contributed by atoms with Crippen molar-refractivity contribution >= 4 is 17.9 Å². The maximum atomic E-state index is 11.9. The summed E-state index contributed by atoms with van der Waals surface area (Å²) in [7, 11) is 0. The van der Waals surface area contributed by atoms with Crippen LogP contribution in [-0.4, -0.2) is 37.2 Å². The second-order valence-electron chi connectivity index (χ2n) is 6.85. The van der Waals surface area contributed by atoms with Crippen LogP contribution in [0.4, 0.5) is 4.79 Å². The number of imide groups is 1. The number of allylic oxidation sites excluding steroid dienone is 1. The van der Waals surface area contributed by atoms with Crippen LogP contribution in [0.3, 0.4) is 0 Å². The van der Waals surface area contributed by atoms with Gasteiger partial charge < -0.3 is 14.8 Å². The lowest BCUT2D eigenvalue weighted by Crippen LogP contribution is -2.42. The first-order valence-electron chi connectivity index (χ1n) is 9.59. The fraction of sp³-hybridized carbons (Fsp3) is 0.476. The van der Waals surface area contributed by atoms with E-state index in [0.717, 1.165) is 24.8 Å². The van der Waals surface area contributed by atoms with Crippen molar-refractivity contribution in [2.75, 3.05) is 13.2 Å². The van der Waals surface area contributed by atoms with Crippen LogP contribution in [0.1, 0.15) is 44.6 Å². The predicted octanol–water partition coefficient (Wildman–Crippen LogP) is 3.02. The lowest BCUT2D eigenvalue weighted by Gasteiger charge is -2.14. The molecule has 0 heterocycles. The Balaban J connectivity index is 1.63. The smallest absolute Gasteiger partial charge is 0.347 e. The highest BCUT2D eigenvalue weighted by Gasteiger charge is 2.18. The molecule has 1 aromatic carbocycles. The molecule has 3 amide bonds. The Hall–Kier alpha value is -2.83. The molecule has 0 unspecified atom stereocenters. The van der Waals surface area contributed by atoms with Gasteiger partial charge >= 0.3 is 12.0 Å². The molecule has 0 saturated carbocycles. The average Bonchev–Trinajstić information content (AvgIpc) is 2.67. The number of nitrogens with one attached hydrogen (secondary N) is 2. The minimum atomic E-state index is -0.868. The standard InChI is InChI=1S/C21H28N2O5/c1-15-7-6-10-18(13-15)28-16(2)20(25)27-14-19(24)23-21(26)22-12-11-17-8-4-3-5-9-17/h6-8,10,13,16H,3-5,9,11-12,14H2,1-2H3,(H2,22,23,24,26)/t16-/m1/s1. The van der Waals surface area contributed by atoms with Crippen LogP contribution in [0.5, 0.6) is 5.75 Å². The van der Waals surface area contributed by atoms with E-state index in [1.165, 1.54) is 25.3 Å². The Labute approximate surface area is 165 Å². The average molecular weight is 388 g/mol. The lowest BCUT2D eigenvalue weighted by atomic mass is 9.97. The highest BCUT2D eigenvalue weighted by atomic mass is 16.6. The van der Waals surface area contributed by atoms with Crippen molar-refractivity contribution in [3.05, 3.63) is 41.5 Å². The molecule has 1 aromatic rings. The highest BCUT2D eigenvalue weighted by Crippen LogP contribution is 2.19. The van der Waals surface area contributed by atoms with E-state index < -0.39 is 30.6 Å². The molecule has 0 fully saturated rings. The minimum Gasteiger partial charge on any atom is -0.479 e. The summed E-state index contributed by atoms with van der Waals surface area (Å²) in [4.78, 5) is 35.4. The zero-order valence-electron chi connectivity index (χ0n) is 16.5. The summed E-state index contributed by atoms with van der Waals surface area (Å²) in [6.07, 6.45) is 6.70. The molecule has 0 spiro atoms. The maximum absolute atomic E-state index is 11.9. The summed E-state index contributed by atoms with van der Waals surface area (Å²) in [5, 5.41) is 4.77. The first kappa shape index (κ1) is 21.5. The zero-order valence-corrected chi connectivity index (χ0v) is 16.5. The monoisotopic (exact) mass is 388 g/mol. The number of urea groups is 1. The first-order chi connectivity index (χ1) is 13.4. The van der Waals surface area contributed by atoms with Gasteiger partial charge in [0, 0.05) is 6.54 Å². The van der Waals surface area contributed by atoms with Crippen LogP contribution in [0.15, 0.2) is 35.9 Å². The van der Waals surface area contributed by atoms with E-state index in [-0.39, 0.29) is 0 Å². The Morgan fingerprint density at radius 1 is 1.21 bits per heavy atom. The second kappa shape index (κ2) is 11.1. The van der Waals surface area contributed by atoms with Gasteiger partial charge in [-0.05, 0) is 63.6 Å². The first-order valence-corrected chi connectivity index (χ1v) is 9.59. The minimum absolute atomic E-state index is 0.464. The fourth-order valence-electron chi connectivity index (χ4n) is 2.87. The van der Waals surface area contributed by atoms with E-state index in [0.29, 0.717) is 12.3 Å². The van der Waals surface area contributed by atoms with Gasteiger partial charge in [0.15, 0.2) is 12.7 Å². The number of carbonyl (C=O) groups excluding carboxylic acids is 3. The number of hydrogen-bond donors (Lipinski definition) is 2. The third-order valence-corrected chi connectivity index (χ3v) is 4.35. The SMILES string of the molecule is Cc1cccc(O[C@H](C)C(=O)OCC(=O)NC(=O)NCCC2=CCCCC2)c1. The Morgan fingerprint density at radius 3 is 2.75 bits per heavy atom. The third-order valence-electron chi connectivity index (χ3n) is 4.35. The molecule has 0 radical (unpaired) electrons. The molecule has 7 nitrogen and oxygen atoms in total. The molecule has 0 bridgehead atoms. The van der Waals surface area contributed by atoms with Crippen LogP contribution < -0.4 is 15.4 Å². The van der Waals surface area contributed by atoms with Crippen LogP contribution in [-0.2, 0) is 14.3 Å². The number of amides is 3. The number of benzene rings is 1. The van der Waals surface area contributed by atoms with Crippen molar-refractivity contribution in [3.63, 3.8) is 0 Å². The molecule has 0 aliphatic heterocycles. The van der Waals surface area contributed by atoms with Gasteiger partial charge in [-0.2, -0.15) is 0 Å². The van der Waals surface area contributed by atoms with Gasteiger partial charge in [-0.3, -0.25) is 10.1 Å². The molecule has 1 atom stereocenters. The van der Waals surface area contributed by atoms with Gasteiger partial charge in [0.25, 0.3) is 5.91 Å². The normalized spacial score (nSPS) is 14.4. The van der Waals surface area contributed by atoms with Crippen LogP contribution in [0.25, 0.3) is 0 Å². The van der Waals surface area contributed by atoms with E-state index in [2.05, 4.69) is 16.7 Å². The molecule has 152 valence electrons. The van der Waals surface area contributed by atoms with Crippen molar-refractivity contribution in [1.29, 1.82) is 0 Å². The molecule has 2 rings (SSSR count). The van der Waals surface area contributed by atoms with E-state index in [1.54, 1.807) is 12.1 Å². The van der Waals surface area contributed by atoms with Gasteiger partial charge in [0.2, 0.25) is 0 Å². The molecule has 1 aliphatic carbocycles. The summed E-state index contributed by atoms with van der Waals surface area (Å²) in [6.45, 7) is 3.37. The predicted molar refractivity (Wildman–Crippen MR) is 105 cm³/mol. The van der Waals surface area contributed by atoms with Crippen molar-refractivity contribution < 1.29 is 23.9 Å². The van der Waals surface area contributed by atoms with E-state index in [9.17, 15) is 14.4 Å². The summed E-state index contributed by atoms with van der Waals surface area (Å²) < 4.78 is 10.4.